The second-order valence-electron chi connectivity index (χ2n) is 4.66. The van der Waals surface area contributed by atoms with E-state index in [4.69, 9.17) is 5.84 Å². The summed E-state index contributed by atoms with van der Waals surface area (Å²) in [6.07, 6.45) is 4.60. The number of nitrogens with two attached hydrogens (primary N) is 1. The second-order valence-corrected chi connectivity index (χ2v) is 4.66. The van der Waals surface area contributed by atoms with Gasteiger partial charge in [0.15, 0.2) is 0 Å². The van der Waals surface area contributed by atoms with Crippen molar-refractivity contribution in [3.05, 3.63) is 53.4 Å². The minimum atomic E-state index is -0.564. The normalized spacial score (nSPS) is 12.6. The molecule has 0 amide bonds. The second kappa shape index (κ2) is 6.58. The maximum Gasteiger partial charge on any atom is 0.129 e. The minimum absolute atomic E-state index is 0.0266. The van der Waals surface area contributed by atoms with Gasteiger partial charge in [-0.25, -0.2) is 8.78 Å². The molecule has 0 fully saturated rings. The molecule has 20 heavy (non-hydrogen) atoms. The third-order valence-electron chi connectivity index (χ3n) is 3.18. The number of benzene rings is 1. The monoisotopic (exact) mass is 280 g/mol. The summed E-state index contributed by atoms with van der Waals surface area (Å²) in [5.74, 6) is 4.38. The molecule has 0 bridgehead atoms. The number of aryl methyl sites for hydroxylation is 1. The molecule has 3 N–H and O–H groups in total. The first-order valence-electron chi connectivity index (χ1n) is 6.57. The van der Waals surface area contributed by atoms with Crippen molar-refractivity contribution < 1.29 is 8.78 Å². The number of hydrogen-bond acceptors (Lipinski definition) is 3. The Morgan fingerprint density at radius 3 is 2.65 bits per heavy atom. The molecule has 2 aromatic rings. The number of nitrogens with one attached hydrogen (secondary N) is 1. The summed E-state index contributed by atoms with van der Waals surface area (Å²) in [6, 6.07) is 3.45. The van der Waals surface area contributed by atoms with E-state index in [1.807, 2.05) is 6.20 Å². The number of hydrazine groups is 1. The lowest BCUT2D eigenvalue weighted by Crippen LogP contribution is -2.29. The van der Waals surface area contributed by atoms with Crippen LogP contribution in [0.1, 0.15) is 30.5 Å². The van der Waals surface area contributed by atoms with E-state index in [0.717, 1.165) is 18.5 Å². The maximum atomic E-state index is 13.7. The molecule has 1 atom stereocenters. The molecule has 6 heteroatoms. The van der Waals surface area contributed by atoms with Gasteiger partial charge in [-0.15, -0.1) is 0 Å². The van der Waals surface area contributed by atoms with E-state index in [0.29, 0.717) is 0 Å². The highest BCUT2D eigenvalue weighted by molar-refractivity contribution is 5.23. The van der Waals surface area contributed by atoms with E-state index in [-0.39, 0.29) is 18.0 Å². The van der Waals surface area contributed by atoms with Crippen LogP contribution in [0, 0.1) is 11.6 Å². The Hall–Kier alpha value is -1.79. The first kappa shape index (κ1) is 14.6. The molecule has 0 saturated heterocycles. The average molecular weight is 280 g/mol. The van der Waals surface area contributed by atoms with Crippen LogP contribution in [0.4, 0.5) is 8.78 Å². The van der Waals surface area contributed by atoms with Crippen LogP contribution >= 0.6 is 0 Å². The van der Waals surface area contributed by atoms with E-state index < -0.39 is 11.6 Å². The predicted octanol–water partition coefficient (Wildman–Crippen LogP) is 2.32. The van der Waals surface area contributed by atoms with E-state index >= 15 is 0 Å². The molecule has 1 heterocycles. The van der Waals surface area contributed by atoms with Gasteiger partial charge >= 0.3 is 0 Å². The first-order valence-corrected chi connectivity index (χ1v) is 6.57. The van der Waals surface area contributed by atoms with Crippen LogP contribution in [-0.2, 0) is 13.0 Å². The molecule has 1 aromatic heterocycles. The van der Waals surface area contributed by atoms with E-state index in [1.54, 1.807) is 10.9 Å². The summed E-state index contributed by atoms with van der Waals surface area (Å²) >= 11 is 0. The van der Waals surface area contributed by atoms with Gasteiger partial charge < -0.3 is 0 Å². The van der Waals surface area contributed by atoms with E-state index in [9.17, 15) is 8.78 Å². The number of halogens is 2. The van der Waals surface area contributed by atoms with Crippen LogP contribution in [0.3, 0.4) is 0 Å². The largest absolute Gasteiger partial charge is 0.272 e. The fourth-order valence-corrected chi connectivity index (χ4v) is 2.12. The average Bonchev–Trinajstić information content (AvgIpc) is 2.87. The van der Waals surface area contributed by atoms with Gasteiger partial charge in [-0.2, -0.15) is 5.10 Å². The van der Waals surface area contributed by atoms with Crippen molar-refractivity contribution in [3.63, 3.8) is 0 Å². The van der Waals surface area contributed by atoms with Crippen molar-refractivity contribution in [2.75, 3.05) is 0 Å². The van der Waals surface area contributed by atoms with Crippen LogP contribution in [0.25, 0.3) is 0 Å². The Morgan fingerprint density at radius 1 is 1.35 bits per heavy atom. The lowest BCUT2D eigenvalue weighted by molar-refractivity contribution is 0.499. The van der Waals surface area contributed by atoms with Gasteiger partial charge in [-0.1, -0.05) is 13.0 Å². The highest BCUT2D eigenvalue weighted by Crippen LogP contribution is 2.21. The smallest absolute Gasteiger partial charge is 0.129 e. The molecule has 0 aliphatic rings. The lowest BCUT2D eigenvalue weighted by atomic mass is 10.0. The van der Waals surface area contributed by atoms with Crippen LogP contribution in [0.2, 0.25) is 0 Å². The Kier molecular flexibility index (Phi) is 4.81. The fourth-order valence-electron chi connectivity index (χ4n) is 2.12. The Balaban J connectivity index is 2.20. The van der Waals surface area contributed by atoms with Crippen molar-refractivity contribution in [1.29, 1.82) is 0 Å². The SMILES string of the molecule is CCCn1cc(C(Cc2c(F)cccc2F)NN)cn1. The third kappa shape index (κ3) is 3.20. The third-order valence-corrected chi connectivity index (χ3v) is 3.18. The summed E-state index contributed by atoms with van der Waals surface area (Å²) in [4.78, 5) is 0. The Labute approximate surface area is 116 Å². The van der Waals surface area contributed by atoms with E-state index in [2.05, 4.69) is 17.4 Å². The van der Waals surface area contributed by atoms with Crippen LogP contribution in [0.5, 0.6) is 0 Å². The summed E-state index contributed by atoms with van der Waals surface area (Å²) in [5.41, 5.74) is 3.43. The van der Waals surface area contributed by atoms with Crippen LogP contribution in [-0.4, -0.2) is 9.78 Å². The summed E-state index contributed by atoms with van der Waals surface area (Å²) in [5, 5.41) is 4.19. The Morgan fingerprint density at radius 2 is 2.05 bits per heavy atom. The zero-order chi connectivity index (χ0) is 14.5. The van der Waals surface area contributed by atoms with E-state index in [1.165, 1.54) is 18.2 Å². The molecule has 4 nitrogen and oxygen atoms in total. The van der Waals surface area contributed by atoms with Gasteiger partial charge in [-0.05, 0) is 25.0 Å². The standard InChI is InChI=1S/C14H18F2N4/c1-2-6-20-9-10(8-18-20)14(19-17)7-11-12(15)4-3-5-13(11)16/h3-5,8-9,14,19H,2,6-7,17H2,1H3. The van der Waals surface area contributed by atoms with Gasteiger partial charge in [0.05, 0.1) is 12.2 Å². The number of aromatic nitrogens is 2. The minimum Gasteiger partial charge on any atom is -0.272 e. The van der Waals surface area contributed by atoms with Crippen molar-refractivity contribution in [3.8, 4) is 0 Å². The molecule has 0 spiro atoms. The van der Waals surface area contributed by atoms with Crippen LogP contribution < -0.4 is 11.3 Å². The van der Waals surface area contributed by atoms with Gasteiger partial charge in [0.2, 0.25) is 0 Å². The van der Waals surface area contributed by atoms with Gasteiger partial charge in [0.1, 0.15) is 11.6 Å². The zero-order valence-electron chi connectivity index (χ0n) is 11.3. The molecule has 2 rings (SSSR count). The quantitative estimate of drug-likeness (QED) is 0.630. The summed E-state index contributed by atoms with van der Waals surface area (Å²) in [6.45, 7) is 2.85. The number of nitrogens with zero attached hydrogens (tertiary/aromatic N) is 2. The first-order chi connectivity index (χ1) is 9.65. The van der Waals surface area contributed by atoms with Crippen molar-refractivity contribution in [1.82, 2.24) is 15.2 Å². The van der Waals surface area contributed by atoms with Crippen molar-refractivity contribution >= 4 is 0 Å². The molecule has 108 valence electrons. The molecule has 0 saturated carbocycles. The van der Waals surface area contributed by atoms with Gasteiger partial charge in [0, 0.05) is 23.9 Å². The lowest BCUT2D eigenvalue weighted by Gasteiger charge is -2.15. The Bertz CT molecular complexity index is 548. The molecule has 1 unspecified atom stereocenters. The zero-order valence-corrected chi connectivity index (χ0v) is 11.3. The summed E-state index contributed by atoms with van der Waals surface area (Å²) in [7, 11) is 0. The topological polar surface area (TPSA) is 55.9 Å². The van der Waals surface area contributed by atoms with Gasteiger partial charge in [-0.3, -0.25) is 16.0 Å². The van der Waals surface area contributed by atoms with Crippen molar-refractivity contribution in [2.45, 2.75) is 32.4 Å². The highest BCUT2D eigenvalue weighted by atomic mass is 19.1. The molecule has 0 aliphatic heterocycles. The summed E-state index contributed by atoms with van der Waals surface area (Å²) < 4.78 is 29.1. The van der Waals surface area contributed by atoms with Crippen LogP contribution in [0.15, 0.2) is 30.6 Å². The molecule has 0 radical (unpaired) electrons. The number of rotatable bonds is 6. The molecular formula is C14H18F2N4. The molecule has 0 aliphatic carbocycles. The van der Waals surface area contributed by atoms with Crippen molar-refractivity contribution in [2.24, 2.45) is 5.84 Å². The maximum absolute atomic E-state index is 13.7. The predicted molar refractivity (Wildman–Crippen MR) is 72.6 cm³/mol. The number of hydrogen-bond donors (Lipinski definition) is 2. The fraction of sp³-hybridized carbons (Fsp3) is 0.357. The molecular weight excluding hydrogens is 262 g/mol. The van der Waals surface area contributed by atoms with Gasteiger partial charge in [0.25, 0.3) is 0 Å². The molecule has 1 aromatic carbocycles. The highest BCUT2D eigenvalue weighted by Gasteiger charge is 2.17.